The quantitative estimate of drug-likeness (QED) is 0.579. The highest BCUT2D eigenvalue weighted by Crippen LogP contribution is 2.66. The summed E-state index contributed by atoms with van der Waals surface area (Å²) in [4.78, 5) is 13.9. The topological polar surface area (TPSA) is 53.9 Å². The molecule has 7 rings (SSSR count). The zero-order valence-corrected chi connectivity index (χ0v) is 19.4. The number of anilines is 2. The van der Waals surface area contributed by atoms with Gasteiger partial charge in [-0.1, -0.05) is 30.3 Å². The largest absolute Gasteiger partial charge is 0.359 e. The minimum absolute atomic E-state index is 0.460. The maximum Gasteiger partial charge on any atom is 0.205 e. The number of aryl methyl sites for hydroxylation is 2. The van der Waals surface area contributed by atoms with Crippen LogP contribution in [0.25, 0.3) is 0 Å². The van der Waals surface area contributed by atoms with Gasteiger partial charge in [-0.25, -0.2) is 9.97 Å². The third kappa shape index (κ3) is 2.68. The predicted molar refractivity (Wildman–Crippen MR) is 126 cm³/mol. The molecule has 5 atom stereocenters. The molecule has 4 aliphatic rings. The molecule has 3 aromatic rings. The summed E-state index contributed by atoms with van der Waals surface area (Å²) in [5, 5.41) is 6.16. The zero-order valence-electron chi connectivity index (χ0n) is 17.8. The Morgan fingerprint density at radius 1 is 1.13 bits per heavy atom. The predicted octanol–water partition coefficient (Wildman–Crippen LogP) is 5.38. The van der Waals surface area contributed by atoms with Crippen molar-refractivity contribution in [2.45, 2.75) is 75.9 Å². The lowest BCUT2D eigenvalue weighted by atomic mass is 9.53. The van der Waals surface area contributed by atoms with E-state index in [0.717, 1.165) is 16.1 Å². The monoisotopic (exact) mass is 449 g/mol. The molecule has 1 N–H and O–H groups in total. The van der Waals surface area contributed by atoms with Gasteiger partial charge in [-0.2, -0.15) is 4.37 Å². The van der Waals surface area contributed by atoms with Crippen LogP contribution < -0.4 is 10.2 Å². The third-order valence-electron chi connectivity index (χ3n) is 8.24. The Morgan fingerprint density at radius 2 is 2.03 bits per heavy atom. The van der Waals surface area contributed by atoms with E-state index >= 15 is 0 Å². The Kier molecular flexibility index (Phi) is 4.04. The number of aromatic nitrogens is 3. The minimum atomic E-state index is 0.460. The highest BCUT2D eigenvalue weighted by atomic mass is 32.1. The lowest BCUT2D eigenvalue weighted by Gasteiger charge is -2.68. The van der Waals surface area contributed by atoms with Gasteiger partial charge in [-0.3, -0.25) is 0 Å². The van der Waals surface area contributed by atoms with Crippen molar-refractivity contribution in [2.75, 3.05) is 10.2 Å². The van der Waals surface area contributed by atoms with Gasteiger partial charge < -0.3 is 10.2 Å². The van der Waals surface area contributed by atoms with E-state index in [0.29, 0.717) is 29.5 Å². The number of piperidine rings is 1. The van der Waals surface area contributed by atoms with E-state index in [1.165, 1.54) is 61.1 Å². The first kappa shape index (κ1) is 18.6. The number of thiazole rings is 1. The number of nitrogens with zero attached hydrogens (tertiary/aromatic N) is 4. The van der Waals surface area contributed by atoms with Gasteiger partial charge in [0.15, 0.2) is 5.13 Å². The average molecular weight is 450 g/mol. The van der Waals surface area contributed by atoms with Crippen LogP contribution in [0, 0.1) is 12.3 Å². The second kappa shape index (κ2) is 6.75. The van der Waals surface area contributed by atoms with Crippen LogP contribution in [0.15, 0.2) is 30.3 Å². The average Bonchev–Trinajstić information content (AvgIpc) is 3.48. The molecule has 2 aromatic heterocycles. The maximum atomic E-state index is 5.16. The van der Waals surface area contributed by atoms with Crippen LogP contribution >= 0.6 is 22.9 Å². The van der Waals surface area contributed by atoms with Crippen molar-refractivity contribution in [1.82, 2.24) is 14.3 Å². The Labute approximate surface area is 191 Å². The molecule has 7 heteroatoms. The molecular weight excluding hydrogens is 422 g/mol. The third-order valence-corrected chi connectivity index (χ3v) is 10.1. The van der Waals surface area contributed by atoms with E-state index < -0.39 is 0 Å². The van der Waals surface area contributed by atoms with Crippen molar-refractivity contribution < 1.29 is 0 Å². The summed E-state index contributed by atoms with van der Waals surface area (Å²) in [5.41, 5.74) is 3.26. The van der Waals surface area contributed by atoms with Crippen LogP contribution in [0.3, 0.4) is 0 Å². The molecule has 1 saturated heterocycles. The lowest BCUT2D eigenvalue weighted by molar-refractivity contribution is -0.0158. The van der Waals surface area contributed by atoms with Gasteiger partial charge in [0, 0.05) is 45.9 Å². The van der Waals surface area contributed by atoms with Crippen molar-refractivity contribution in [3.63, 3.8) is 0 Å². The van der Waals surface area contributed by atoms with Crippen LogP contribution in [0.5, 0.6) is 0 Å². The molecule has 3 aliphatic carbocycles. The smallest absolute Gasteiger partial charge is 0.205 e. The zero-order chi connectivity index (χ0) is 20.6. The Morgan fingerprint density at radius 3 is 2.81 bits per heavy atom. The normalized spacial score (nSPS) is 33.1. The number of nitrogens with one attached hydrogen (secondary N) is 1. The number of benzene rings is 1. The van der Waals surface area contributed by atoms with Crippen LogP contribution in [0.1, 0.15) is 66.4 Å². The van der Waals surface area contributed by atoms with E-state index in [2.05, 4.69) is 44.9 Å². The first-order valence-electron chi connectivity index (χ1n) is 11.6. The molecule has 31 heavy (non-hydrogen) atoms. The van der Waals surface area contributed by atoms with E-state index in [9.17, 15) is 0 Å². The van der Waals surface area contributed by atoms with Gasteiger partial charge in [-0.15, -0.1) is 11.3 Å². The van der Waals surface area contributed by atoms with Gasteiger partial charge in [0.25, 0.3) is 0 Å². The molecule has 0 radical (unpaired) electrons. The lowest BCUT2D eigenvalue weighted by Crippen LogP contribution is -2.75. The van der Waals surface area contributed by atoms with Gasteiger partial charge in [0.2, 0.25) is 5.13 Å². The summed E-state index contributed by atoms with van der Waals surface area (Å²) in [6, 6.07) is 12.8. The van der Waals surface area contributed by atoms with Gasteiger partial charge in [0.1, 0.15) is 5.82 Å². The summed E-state index contributed by atoms with van der Waals surface area (Å²) in [6.07, 6.45) is 8.82. The number of fused-ring (bicyclic) bond motifs is 1. The summed E-state index contributed by atoms with van der Waals surface area (Å²) in [6.45, 7) is 2.00. The molecule has 2 saturated carbocycles. The first-order chi connectivity index (χ1) is 15.2. The van der Waals surface area contributed by atoms with Crippen LogP contribution in [0.4, 0.5) is 10.3 Å². The van der Waals surface area contributed by atoms with Crippen molar-refractivity contribution >= 4 is 33.1 Å². The summed E-state index contributed by atoms with van der Waals surface area (Å²) >= 11 is 3.48. The van der Waals surface area contributed by atoms with Gasteiger partial charge in [-0.05, 0) is 57.4 Å². The SMILES string of the molecule is Cc1nsc(N2C3CCC34CC(Nc3nc5c(s3)CCCC5c3ccccc3)CC24)n1. The summed E-state index contributed by atoms with van der Waals surface area (Å²) in [7, 11) is 0. The highest BCUT2D eigenvalue weighted by Gasteiger charge is 2.70. The molecule has 5 unspecified atom stereocenters. The van der Waals surface area contributed by atoms with Crippen molar-refractivity contribution in [2.24, 2.45) is 5.41 Å². The Balaban J connectivity index is 1.11. The second-order valence-corrected chi connectivity index (χ2v) is 11.6. The Bertz CT molecular complexity index is 1120. The molecule has 3 fully saturated rings. The number of hydrogen-bond acceptors (Lipinski definition) is 7. The van der Waals surface area contributed by atoms with E-state index in [1.807, 2.05) is 18.3 Å². The number of rotatable bonds is 4. The molecule has 160 valence electrons. The molecule has 0 bridgehead atoms. The number of hydrogen-bond donors (Lipinski definition) is 1. The molecule has 3 heterocycles. The first-order valence-corrected chi connectivity index (χ1v) is 13.2. The summed E-state index contributed by atoms with van der Waals surface area (Å²) < 4.78 is 4.44. The second-order valence-electron chi connectivity index (χ2n) is 9.80. The molecule has 0 amide bonds. The highest BCUT2D eigenvalue weighted by molar-refractivity contribution is 7.15. The molecule has 1 aliphatic heterocycles. The van der Waals surface area contributed by atoms with Crippen LogP contribution in [-0.2, 0) is 6.42 Å². The van der Waals surface area contributed by atoms with Crippen molar-refractivity contribution in [3.05, 3.63) is 52.3 Å². The fourth-order valence-corrected chi connectivity index (χ4v) is 8.75. The fourth-order valence-electron chi connectivity index (χ4n) is 6.83. The molecule has 5 nitrogen and oxygen atoms in total. The van der Waals surface area contributed by atoms with Gasteiger partial charge in [0.05, 0.1) is 5.69 Å². The molecular formula is C24H27N5S2. The van der Waals surface area contributed by atoms with Gasteiger partial charge >= 0.3 is 0 Å². The van der Waals surface area contributed by atoms with Crippen LogP contribution in [-0.4, -0.2) is 32.5 Å². The van der Waals surface area contributed by atoms with Crippen LogP contribution in [0.2, 0.25) is 0 Å². The van der Waals surface area contributed by atoms with E-state index in [-0.39, 0.29) is 0 Å². The van der Waals surface area contributed by atoms with E-state index in [4.69, 9.17) is 9.97 Å². The van der Waals surface area contributed by atoms with E-state index in [1.54, 1.807) is 11.5 Å². The fraction of sp³-hybridized carbons (Fsp3) is 0.542. The summed E-state index contributed by atoms with van der Waals surface area (Å²) in [5.74, 6) is 1.37. The minimum Gasteiger partial charge on any atom is -0.359 e. The standard InChI is InChI=1S/C24H27N5S2/c1-14-25-23(31-28-14)29-19-10-11-24(19)13-16(12-20(24)29)26-22-27-21-17(8-5-9-18(21)30-22)15-6-3-2-4-7-15/h2-4,6-7,16-17,19-20H,5,8-13H2,1H3,(H,26,27). The van der Waals surface area contributed by atoms with Crippen molar-refractivity contribution in [3.8, 4) is 0 Å². The maximum absolute atomic E-state index is 5.16. The molecule has 1 spiro atoms. The Hall–Kier alpha value is -1.99. The molecule has 1 aromatic carbocycles. The van der Waals surface area contributed by atoms with Crippen molar-refractivity contribution in [1.29, 1.82) is 0 Å².